The van der Waals surface area contributed by atoms with E-state index in [1.165, 1.54) is 25.7 Å². The fourth-order valence-electron chi connectivity index (χ4n) is 2.84. The van der Waals surface area contributed by atoms with Crippen LogP contribution in [0.1, 0.15) is 98.3 Å². The van der Waals surface area contributed by atoms with Crippen LogP contribution in [-0.4, -0.2) is 25.2 Å². The SMILES string of the molecule is CCCOC(=O)CCCCCCCCCC(C(=O)OCCC)C(C)C. The maximum atomic E-state index is 12.0. The van der Waals surface area contributed by atoms with Crippen LogP contribution in [0, 0.1) is 11.8 Å². The molecule has 25 heavy (non-hydrogen) atoms. The van der Waals surface area contributed by atoms with Crippen LogP contribution in [0.4, 0.5) is 0 Å². The molecule has 4 heteroatoms. The zero-order valence-electron chi connectivity index (χ0n) is 17.0. The lowest BCUT2D eigenvalue weighted by atomic mass is 9.90. The van der Waals surface area contributed by atoms with Gasteiger partial charge in [-0.1, -0.05) is 66.2 Å². The lowest BCUT2D eigenvalue weighted by Crippen LogP contribution is -2.23. The van der Waals surface area contributed by atoms with E-state index in [9.17, 15) is 9.59 Å². The molecule has 4 nitrogen and oxygen atoms in total. The summed E-state index contributed by atoms with van der Waals surface area (Å²) in [6.07, 6.45) is 11.1. The van der Waals surface area contributed by atoms with Crippen molar-refractivity contribution in [3.05, 3.63) is 0 Å². The van der Waals surface area contributed by atoms with Crippen LogP contribution in [0.2, 0.25) is 0 Å². The summed E-state index contributed by atoms with van der Waals surface area (Å²) in [7, 11) is 0. The fourth-order valence-corrected chi connectivity index (χ4v) is 2.84. The number of ether oxygens (including phenoxy) is 2. The molecule has 0 saturated carbocycles. The molecule has 0 amide bonds. The van der Waals surface area contributed by atoms with Crippen molar-refractivity contribution in [1.82, 2.24) is 0 Å². The van der Waals surface area contributed by atoms with E-state index in [-0.39, 0.29) is 17.9 Å². The third kappa shape index (κ3) is 13.9. The van der Waals surface area contributed by atoms with Crippen molar-refractivity contribution < 1.29 is 19.1 Å². The molecule has 1 atom stereocenters. The Morgan fingerprint density at radius 2 is 1.28 bits per heavy atom. The Morgan fingerprint density at radius 3 is 1.84 bits per heavy atom. The Kier molecular flexibility index (Phi) is 15.7. The third-order valence-corrected chi connectivity index (χ3v) is 4.42. The Balaban J connectivity index is 3.60. The summed E-state index contributed by atoms with van der Waals surface area (Å²) in [5, 5.41) is 0. The maximum absolute atomic E-state index is 12.0. The lowest BCUT2D eigenvalue weighted by Gasteiger charge is -2.19. The minimum atomic E-state index is -0.0588. The van der Waals surface area contributed by atoms with E-state index >= 15 is 0 Å². The molecule has 1 unspecified atom stereocenters. The van der Waals surface area contributed by atoms with Crippen LogP contribution in [-0.2, 0) is 19.1 Å². The molecule has 0 saturated heterocycles. The van der Waals surface area contributed by atoms with Crippen LogP contribution >= 0.6 is 0 Å². The van der Waals surface area contributed by atoms with Crippen LogP contribution < -0.4 is 0 Å². The monoisotopic (exact) mass is 356 g/mol. The van der Waals surface area contributed by atoms with Gasteiger partial charge in [-0.2, -0.15) is 0 Å². The zero-order chi connectivity index (χ0) is 18.9. The molecule has 148 valence electrons. The van der Waals surface area contributed by atoms with Crippen molar-refractivity contribution in [3.63, 3.8) is 0 Å². The molecule has 0 bridgehead atoms. The number of hydrogen-bond acceptors (Lipinski definition) is 4. The molecular weight excluding hydrogens is 316 g/mol. The van der Waals surface area contributed by atoms with Gasteiger partial charge in [-0.05, 0) is 31.6 Å². The number of rotatable bonds is 16. The first-order chi connectivity index (χ1) is 12.0. The summed E-state index contributed by atoms with van der Waals surface area (Å²) >= 11 is 0. The average molecular weight is 357 g/mol. The summed E-state index contributed by atoms with van der Waals surface area (Å²) in [5.41, 5.74) is 0. The number of carbonyl (C=O) groups excluding carboxylic acids is 2. The Morgan fingerprint density at radius 1 is 0.760 bits per heavy atom. The molecule has 0 radical (unpaired) electrons. The molecule has 0 aromatic carbocycles. The topological polar surface area (TPSA) is 52.6 Å². The van der Waals surface area contributed by atoms with Crippen molar-refractivity contribution >= 4 is 11.9 Å². The second kappa shape index (κ2) is 16.4. The van der Waals surface area contributed by atoms with Gasteiger partial charge in [0, 0.05) is 6.42 Å². The highest BCUT2D eigenvalue weighted by molar-refractivity contribution is 5.72. The molecule has 0 heterocycles. The quantitative estimate of drug-likeness (QED) is 0.264. The second-order valence-corrected chi connectivity index (χ2v) is 7.25. The zero-order valence-corrected chi connectivity index (χ0v) is 17.0. The van der Waals surface area contributed by atoms with Crippen molar-refractivity contribution in [2.45, 2.75) is 98.3 Å². The molecule has 0 rings (SSSR count). The molecule has 0 aliphatic rings. The minimum Gasteiger partial charge on any atom is -0.466 e. The highest BCUT2D eigenvalue weighted by atomic mass is 16.5. The summed E-state index contributed by atoms with van der Waals surface area (Å²) in [6, 6.07) is 0. The maximum Gasteiger partial charge on any atom is 0.309 e. The Bertz CT molecular complexity index is 339. The first kappa shape index (κ1) is 23.9. The Hall–Kier alpha value is -1.06. The molecule has 0 N–H and O–H groups in total. The number of unbranched alkanes of at least 4 members (excludes halogenated alkanes) is 6. The van der Waals surface area contributed by atoms with E-state index in [2.05, 4.69) is 13.8 Å². The van der Waals surface area contributed by atoms with E-state index in [1.54, 1.807) is 0 Å². The predicted octanol–water partition coefficient (Wildman–Crippen LogP) is 5.68. The van der Waals surface area contributed by atoms with E-state index in [0.29, 0.717) is 25.6 Å². The van der Waals surface area contributed by atoms with Gasteiger partial charge >= 0.3 is 11.9 Å². The van der Waals surface area contributed by atoms with Gasteiger partial charge in [-0.3, -0.25) is 9.59 Å². The van der Waals surface area contributed by atoms with Crippen LogP contribution in [0.25, 0.3) is 0 Å². The van der Waals surface area contributed by atoms with Gasteiger partial charge in [0.15, 0.2) is 0 Å². The standard InChI is InChI=1S/C21H40O4/c1-5-16-24-20(22)15-13-11-9-7-8-10-12-14-19(18(3)4)21(23)25-17-6-2/h18-19H,5-17H2,1-4H3. The molecule has 0 aliphatic heterocycles. The predicted molar refractivity (Wildman–Crippen MR) is 102 cm³/mol. The van der Waals surface area contributed by atoms with Crippen molar-refractivity contribution in [3.8, 4) is 0 Å². The molecule has 0 aromatic rings. The minimum absolute atomic E-state index is 0.0215. The lowest BCUT2D eigenvalue weighted by molar-refractivity contribution is -0.150. The molecular formula is C21H40O4. The van der Waals surface area contributed by atoms with E-state index in [1.807, 2.05) is 13.8 Å². The van der Waals surface area contributed by atoms with Crippen LogP contribution in [0.5, 0.6) is 0 Å². The summed E-state index contributed by atoms with van der Waals surface area (Å²) < 4.78 is 10.4. The number of carbonyl (C=O) groups is 2. The molecule has 0 aromatic heterocycles. The number of esters is 2. The van der Waals surface area contributed by atoms with Gasteiger partial charge in [-0.25, -0.2) is 0 Å². The van der Waals surface area contributed by atoms with Crippen LogP contribution in [0.3, 0.4) is 0 Å². The largest absolute Gasteiger partial charge is 0.466 e. The van der Waals surface area contributed by atoms with E-state index in [4.69, 9.17) is 9.47 Å². The normalized spacial score (nSPS) is 12.2. The summed E-state index contributed by atoms with van der Waals surface area (Å²) in [4.78, 5) is 23.4. The van der Waals surface area contributed by atoms with Gasteiger partial charge in [-0.15, -0.1) is 0 Å². The van der Waals surface area contributed by atoms with E-state index in [0.717, 1.165) is 38.5 Å². The van der Waals surface area contributed by atoms with Gasteiger partial charge < -0.3 is 9.47 Å². The molecule has 0 spiro atoms. The van der Waals surface area contributed by atoms with E-state index < -0.39 is 0 Å². The molecule has 0 aliphatic carbocycles. The van der Waals surface area contributed by atoms with Gasteiger partial charge in [0.05, 0.1) is 19.1 Å². The first-order valence-electron chi connectivity index (χ1n) is 10.3. The fraction of sp³-hybridized carbons (Fsp3) is 0.905. The number of hydrogen-bond donors (Lipinski definition) is 0. The van der Waals surface area contributed by atoms with Crippen molar-refractivity contribution in [2.24, 2.45) is 11.8 Å². The highest BCUT2D eigenvalue weighted by Gasteiger charge is 2.22. The first-order valence-corrected chi connectivity index (χ1v) is 10.3. The van der Waals surface area contributed by atoms with Crippen molar-refractivity contribution in [1.29, 1.82) is 0 Å². The van der Waals surface area contributed by atoms with Gasteiger partial charge in [0.25, 0.3) is 0 Å². The third-order valence-electron chi connectivity index (χ3n) is 4.42. The second-order valence-electron chi connectivity index (χ2n) is 7.25. The summed E-state index contributed by atoms with van der Waals surface area (Å²) in [6.45, 7) is 9.31. The highest BCUT2D eigenvalue weighted by Crippen LogP contribution is 2.21. The molecule has 0 fully saturated rings. The average Bonchev–Trinajstić information content (AvgIpc) is 2.59. The van der Waals surface area contributed by atoms with Gasteiger partial charge in [0.1, 0.15) is 0 Å². The Labute approximate surface area is 155 Å². The smallest absolute Gasteiger partial charge is 0.309 e. The van der Waals surface area contributed by atoms with Crippen LogP contribution in [0.15, 0.2) is 0 Å². The van der Waals surface area contributed by atoms with Crippen molar-refractivity contribution in [2.75, 3.05) is 13.2 Å². The summed E-state index contributed by atoms with van der Waals surface area (Å²) in [5.74, 6) is 0.306. The van der Waals surface area contributed by atoms with Gasteiger partial charge in [0.2, 0.25) is 0 Å².